The normalized spacial score (nSPS) is 20.5. The summed E-state index contributed by atoms with van der Waals surface area (Å²) in [5.41, 5.74) is -0.0981. The van der Waals surface area contributed by atoms with E-state index < -0.39 is 36.5 Å². The van der Waals surface area contributed by atoms with Crippen LogP contribution in [0, 0.1) is 17.3 Å². The lowest BCUT2D eigenvalue weighted by Crippen LogP contribution is -2.34. The average molecular weight is 483 g/mol. The van der Waals surface area contributed by atoms with Gasteiger partial charge in [-0.3, -0.25) is 9.11 Å². The maximum absolute atomic E-state index is 12.5. The lowest BCUT2D eigenvalue weighted by Gasteiger charge is -2.41. The van der Waals surface area contributed by atoms with Crippen molar-refractivity contribution in [3.05, 3.63) is 59.0 Å². The van der Waals surface area contributed by atoms with Gasteiger partial charge in [0.05, 0.1) is 4.91 Å². The molecule has 0 saturated carbocycles. The van der Waals surface area contributed by atoms with E-state index in [0.717, 1.165) is 12.8 Å². The summed E-state index contributed by atoms with van der Waals surface area (Å²) < 4.78 is 69.7. The van der Waals surface area contributed by atoms with Crippen molar-refractivity contribution in [2.75, 3.05) is 0 Å². The summed E-state index contributed by atoms with van der Waals surface area (Å²) in [6.45, 7) is 15.3. The predicted molar refractivity (Wildman–Crippen MR) is 128 cm³/mol. The molecule has 1 aliphatic carbocycles. The Morgan fingerprint density at radius 2 is 1.59 bits per heavy atom. The highest BCUT2D eigenvalue weighted by Crippen LogP contribution is 2.48. The van der Waals surface area contributed by atoms with Gasteiger partial charge >= 0.3 is 0 Å². The molecule has 2 atom stereocenters. The molecule has 1 aliphatic rings. The van der Waals surface area contributed by atoms with Crippen molar-refractivity contribution < 1.29 is 25.9 Å². The van der Waals surface area contributed by atoms with Gasteiger partial charge in [0, 0.05) is 16.9 Å². The van der Waals surface area contributed by atoms with Crippen molar-refractivity contribution in [2.24, 2.45) is 17.3 Å². The van der Waals surface area contributed by atoms with E-state index in [2.05, 4.69) is 13.5 Å². The Balaban J connectivity index is 2.88. The first-order valence-corrected chi connectivity index (χ1v) is 13.6. The van der Waals surface area contributed by atoms with E-state index in [9.17, 15) is 25.9 Å². The third kappa shape index (κ3) is 4.93. The molecule has 0 spiro atoms. The Kier molecular flexibility index (Phi) is 7.37. The van der Waals surface area contributed by atoms with E-state index >= 15 is 0 Å². The molecule has 0 aromatic heterocycles. The minimum absolute atomic E-state index is 0.0278. The molecule has 1 aromatic rings. The fraction of sp³-hybridized carbons (Fsp3) is 0.500. The van der Waals surface area contributed by atoms with Crippen LogP contribution >= 0.6 is 0 Å². The molecule has 0 radical (unpaired) electrons. The number of hydrogen-bond donors (Lipinski definition) is 2. The molecule has 2 rings (SSSR count). The molecule has 0 bridgehead atoms. The quantitative estimate of drug-likeness (QED) is 0.366. The topological polar surface area (TPSA) is 109 Å². The largest absolute Gasteiger partial charge is 0.295 e. The molecule has 6 nitrogen and oxygen atoms in total. The van der Waals surface area contributed by atoms with Crippen LogP contribution in [-0.4, -0.2) is 25.9 Å². The number of benzene rings is 1. The third-order valence-corrected chi connectivity index (χ3v) is 9.23. The van der Waals surface area contributed by atoms with Gasteiger partial charge in [-0.2, -0.15) is 16.8 Å². The minimum Gasteiger partial charge on any atom is -0.282 e. The van der Waals surface area contributed by atoms with Crippen LogP contribution in [0.1, 0.15) is 65.5 Å². The highest BCUT2D eigenvalue weighted by molar-refractivity contribution is 7.90. The van der Waals surface area contributed by atoms with Gasteiger partial charge < -0.3 is 0 Å². The molecule has 0 saturated heterocycles. The zero-order valence-electron chi connectivity index (χ0n) is 19.6. The van der Waals surface area contributed by atoms with Crippen LogP contribution in [0.2, 0.25) is 0 Å². The van der Waals surface area contributed by atoms with E-state index in [-0.39, 0.29) is 27.4 Å². The summed E-state index contributed by atoms with van der Waals surface area (Å²) in [6, 6.07) is 4.47. The van der Waals surface area contributed by atoms with Gasteiger partial charge in [0.15, 0.2) is 0 Å². The van der Waals surface area contributed by atoms with Crippen molar-refractivity contribution in [3.63, 3.8) is 0 Å². The number of hydrogen-bond acceptors (Lipinski definition) is 4. The smallest absolute Gasteiger partial charge is 0.282 e. The van der Waals surface area contributed by atoms with Gasteiger partial charge in [0.1, 0.15) is 4.90 Å². The fourth-order valence-electron chi connectivity index (χ4n) is 4.49. The molecule has 0 fully saturated rings. The fourth-order valence-corrected chi connectivity index (χ4v) is 6.29. The van der Waals surface area contributed by atoms with Crippen LogP contribution in [0.3, 0.4) is 0 Å². The van der Waals surface area contributed by atoms with E-state index in [1.54, 1.807) is 25.1 Å². The standard InChI is InChI=1S/C24H34O6S2/c1-8-23(5,6)17-11-12-18(21(15-17)31(25,26)27)19-13-14-20(24(7,9-2)10-3)16(4)22(19)32(28,29)30/h8,11-16,20H,1,9-10H2,2-7H3,(H,25,26,27)(H,28,29,30). The Morgan fingerprint density at radius 3 is 2.03 bits per heavy atom. The Morgan fingerprint density at radius 1 is 1.03 bits per heavy atom. The molecular weight excluding hydrogens is 448 g/mol. The second kappa shape index (κ2) is 8.89. The Labute approximate surface area is 192 Å². The van der Waals surface area contributed by atoms with E-state index in [4.69, 9.17) is 0 Å². The highest BCUT2D eigenvalue weighted by atomic mass is 32.2. The first kappa shape index (κ1) is 26.5. The van der Waals surface area contributed by atoms with Gasteiger partial charge in [-0.15, -0.1) is 6.58 Å². The molecular formula is C24H34O6S2. The second-order valence-corrected chi connectivity index (χ2v) is 12.2. The van der Waals surface area contributed by atoms with Gasteiger partial charge in [-0.25, -0.2) is 0 Å². The number of rotatable bonds is 8. The zero-order chi connectivity index (χ0) is 24.7. The summed E-state index contributed by atoms with van der Waals surface area (Å²) in [6.07, 6.45) is 6.70. The molecule has 32 heavy (non-hydrogen) atoms. The van der Waals surface area contributed by atoms with Gasteiger partial charge in [0.25, 0.3) is 20.2 Å². The van der Waals surface area contributed by atoms with Crippen LogP contribution in [-0.2, 0) is 25.7 Å². The lowest BCUT2D eigenvalue weighted by molar-refractivity contribution is 0.171. The van der Waals surface area contributed by atoms with Crippen molar-refractivity contribution >= 4 is 25.8 Å². The van der Waals surface area contributed by atoms with Crippen molar-refractivity contribution in [1.29, 1.82) is 0 Å². The van der Waals surface area contributed by atoms with Crippen LogP contribution in [0.5, 0.6) is 0 Å². The molecule has 2 N–H and O–H groups in total. The molecule has 2 unspecified atom stereocenters. The molecule has 178 valence electrons. The number of allylic oxidation sites excluding steroid dienone is 5. The zero-order valence-corrected chi connectivity index (χ0v) is 21.2. The van der Waals surface area contributed by atoms with Gasteiger partial charge in [-0.1, -0.05) is 84.7 Å². The van der Waals surface area contributed by atoms with Crippen LogP contribution in [0.25, 0.3) is 5.57 Å². The van der Waals surface area contributed by atoms with Gasteiger partial charge in [0.2, 0.25) is 0 Å². The molecule has 1 aromatic carbocycles. The summed E-state index contributed by atoms with van der Waals surface area (Å²) in [7, 11) is -9.34. The Bertz CT molecular complexity index is 1170. The molecule has 8 heteroatoms. The molecule has 0 heterocycles. The van der Waals surface area contributed by atoms with E-state index in [1.807, 2.05) is 33.8 Å². The van der Waals surface area contributed by atoms with E-state index in [0.29, 0.717) is 5.56 Å². The summed E-state index contributed by atoms with van der Waals surface area (Å²) in [5.74, 6) is -0.764. The summed E-state index contributed by atoms with van der Waals surface area (Å²) >= 11 is 0. The third-order valence-electron chi connectivity index (χ3n) is 7.19. The van der Waals surface area contributed by atoms with Crippen LogP contribution < -0.4 is 0 Å². The minimum atomic E-state index is -4.69. The van der Waals surface area contributed by atoms with Crippen LogP contribution in [0.4, 0.5) is 0 Å². The Hall–Kier alpha value is -1.74. The van der Waals surface area contributed by atoms with Crippen molar-refractivity contribution in [3.8, 4) is 0 Å². The molecule has 0 amide bonds. The first-order chi connectivity index (χ1) is 14.5. The van der Waals surface area contributed by atoms with Crippen molar-refractivity contribution in [1.82, 2.24) is 0 Å². The average Bonchev–Trinajstić information content (AvgIpc) is 2.70. The monoisotopic (exact) mass is 482 g/mol. The van der Waals surface area contributed by atoms with Crippen LogP contribution in [0.15, 0.2) is 52.8 Å². The summed E-state index contributed by atoms with van der Waals surface area (Å²) in [5, 5.41) is 0. The SMILES string of the molecule is C=CC(C)(C)c1ccc(C2=C(S(=O)(=O)O)C(C)C(C(C)(CC)CC)C=C2)c(S(=O)(=O)O)c1. The highest BCUT2D eigenvalue weighted by Gasteiger charge is 2.41. The second-order valence-electron chi connectivity index (χ2n) is 9.40. The molecule has 0 aliphatic heterocycles. The van der Waals surface area contributed by atoms with E-state index in [1.165, 1.54) is 12.1 Å². The first-order valence-electron chi connectivity index (χ1n) is 10.7. The maximum atomic E-state index is 12.5. The maximum Gasteiger partial charge on any atom is 0.295 e. The summed E-state index contributed by atoms with van der Waals surface area (Å²) in [4.78, 5) is -0.649. The lowest BCUT2D eigenvalue weighted by atomic mass is 9.65. The van der Waals surface area contributed by atoms with Gasteiger partial charge in [-0.05, 0) is 28.5 Å². The predicted octanol–water partition coefficient (Wildman–Crippen LogP) is 5.64. The van der Waals surface area contributed by atoms with Crippen molar-refractivity contribution in [2.45, 2.75) is 64.7 Å².